The summed E-state index contributed by atoms with van der Waals surface area (Å²) in [7, 11) is 0. The molecule has 13 N–H and O–H groups in total. The highest BCUT2D eigenvalue weighted by Crippen LogP contribution is 2.37. The number of unbranched alkanes of at least 4 members (excludes halogenated alkanes) is 1. The maximum atomic E-state index is 13.8. The summed E-state index contributed by atoms with van der Waals surface area (Å²) in [6, 6.07) is 60.2. The lowest BCUT2D eigenvalue weighted by Gasteiger charge is -2.27. The first-order chi connectivity index (χ1) is 70.7. The number of nitrogens with one attached hydrogen (secondary N) is 7. The Kier molecular flexibility index (Phi) is 33.7. The second-order valence-electron chi connectivity index (χ2n) is 32.4. The largest absolute Gasteiger partial charge is 0.494 e. The van der Waals surface area contributed by atoms with Crippen LogP contribution in [-0.4, -0.2) is 118 Å². The minimum Gasteiger partial charge on any atom is -0.494 e. The van der Waals surface area contributed by atoms with E-state index in [9.17, 15) is 92.7 Å². The van der Waals surface area contributed by atoms with Gasteiger partial charge in [0.25, 0.3) is 68.8 Å². The molecule has 6 aromatic heterocycles. The van der Waals surface area contributed by atoms with Crippen LogP contribution in [0, 0.1) is 29.1 Å². The Hall–Kier alpha value is -18.0. The van der Waals surface area contributed by atoms with E-state index in [0.29, 0.717) is 90.2 Å². The second-order valence-corrected chi connectivity index (χ2v) is 32.9. The van der Waals surface area contributed by atoms with Crippen LogP contribution in [0.2, 0.25) is 5.02 Å². The molecule has 2 aliphatic rings. The molecular formula is C102H81ClF8N14O22. The molecule has 1 fully saturated rings. The van der Waals surface area contributed by atoms with Crippen LogP contribution in [0.4, 0.5) is 35.1 Å². The molecule has 36 nitrogen and oxygen atoms in total. The van der Waals surface area contributed by atoms with E-state index in [1.54, 1.807) is 104 Å². The number of ether oxygens (including phenoxy) is 4. The van der Waals surface area contributed by atoms with Gasteiger partial charge >= 0.3 is 6.18 Å². The zero-order chi connectivity index (χ0) is 105. The molecule has 0 radical (unpaired) electrons. The fourth-order valence-electron chi connectivity index (χ4n) is 15.3. The van der Waals surface area contributed by atoms with Crippen molar-refractivity contribution >= 4 is 112 Å². The lowest BCUT2D eigenvalue weighted by Crippen LogP contribution is -2.28. The van der Waals surface area contributed by atoms with E-state index in [-0.39, 0.29) is 98.9 Å². The van der Waals surface area contributed by atoms with Gasteiger partial charge in [0.05, 0.1) is 59.9 Å². The van der Waals surface area contributed by atoms with Gasteiger partial charge in [-0.2, -0.15) is 13.2 Å². The Morgan fingerprint density at radius 3 is 1.42 bits per heavy atom. The van der Waals surface area contributed by atoms with Gasteiger partial charge in [-0.25, -0.2) is 64.8 Å². The van der Waals surface area contributed by atoms with E-state index in [2.05, 4.69) is 15.0 Å². The Balaban J connectivity index is 0.000000140. The van der Waals surface area contributed by atoms with Crippen LogP contribution in [0.15, 0.2) is 290 Å². The predicted octanol–water partition coefficient (Wildman–Crippen LogP) is 14.4. The van der Waals surface area contributed by atoms with E-state index in [0.717, 1.165) is 83.2 Å². The summed E-state index contributed by atoms with van der Waals surface area (Å²) in [5, 5.41) is 56.9. The van der Waals surface area contributed by atoms with Gasteiger partial charge < -0.3 is 42.2 Å². The number of nitrogens with zero attached hydrogens (tertiary/aromatic N) is 7. The maximum Gasteiger partial charge on any atom is 0.416 e. The van der Waals surface area contributed by atoms with Crippen molar-refractivity contribution in [2.75, 3.05) is 13.4 Å². The van der Waals surface area contributed by atoms with Crippen molar-refractivity contribution < 1.29 is 114 Å². The average molecular weight is 2040 g/mol. The molecule has 11 aromatic carbocycles. The van der Waals surface area contributed by atoms with Crippen LogP contribution in [-0.2, 0) is 39.0 Å². The summed E-state index contributed by atoms with van der Waals surface area (Å²) in [6.45, 7) is 0.657. The van der Waals surface area contributed by atoms with Crippen molar-refractivity contribution in [2.45, 2.75) is 77.1 Å². The van der Waals surface area contributed by atoms with E-state index < -0.39 is 99.5 Å². The number of carbonyl (C=O) groups excluding carboxylic acids is 6. The predicted molar refractivity (Wildman–Crippen MR) is 514 cm³/mol. The number of pyridine rings is 4. The lowest BCUT2D eigenvalue weighted by molar-refractivity contribution is -0.137. The summed E-state index contributed by atoms with van der Waals surface area (Å²) in [5.74, 6) is -12.0. The number of hydrogen-bond acceptors (Lipinski definition) is 24. The molecule has 754 valence electrons. The summed E-state index contributed by atoms with van der Waals surface area (Å²) in [6.07, 6.45) is 8.00. The number of aromatic amines is 1. The number of rotatable bonds is 22. The Bertz CT molecular complexity index is 8310. The first kappa shape index (κ1) is 105. The van der Waals surface area contributed by atoms with Crippen LogP contribution in [0.5, 0.6) is 23.0 Å². The van der Waals surface area contributed by atoms with Gasteiger partial charge in [0.1, 0.15) is 23.9 Å². The van der Waals surface area contributed by atoms with Crippen LogP contribution >= 0.6 is 11.6 Å². The minimum atomic E-state index is -4.46. The van der Waals surface area contributed by atoms with Crippen molar-refractivity contribution in [3.63, 3.8) is 0 Å². The highest BCUT2D eigenvalue weighted by Gasteiger charge is 2.32. The number of benzene rings is 11. The van der Waals surface area contributed by atoms with Crippen molar-refractivity contribution in [3.05, 3.63) is 419 Å². The van der Waals surface area contributed by atoms with Crippen molar-refractivity contribution in [1.82, 2.24) is 70.7 Å². The zero-order valence-corrected chi connectivity index (χ0v) is 76.9. The number of carbonyl (C=O) groups is 6. The Morgan fingerprint density at radius 2 is 0.891 bits per heavy atom. The Labute approximate surface area is 825 Å². The molecule has 7 heterocycles. The molecule has 6 amide bonds. The molecule has 17 aromatic rings. The molecule has 1 saturated carbocycles. The number of para-hydroxylation sites is 1. The van der Waals surface area contributed by atoms with Gasteiger partial charge in [0.15, 0.2) is 34.8 Å². The number of amides is 6. The van der Waals surface area contributed by atoms with Crippen molar-refractivity contribution in [3.8, 4) is 23.0 Å². The number of hydrogen-bond donors (Lipinski definition) is 13. The highest BCUT2D eigenvalue weighted by molar-refractivity contribution is 6.31. The van der Waals surface area contributed by atoms with Crippen molar-refractivity contribution in [1.29, 1.82) is 0 Å². The molecule has 19 rings (SSSR count). The number of aryl methyl sites for hydroxylation is 1. The van der Waals surface area contributed by atoms with Crippen LogP contribution in [0.3, 0.4) is 0 Å². The lowest BCUT2D eigenvalue weighted by atomic mass is 9.92. The van der Waals surface area contributed by atoms with Crippen LogP contribution in [0.25, 0.3) is 64.9 Å². The molecule has 0 unspecified atom stereocenters. The monoisotopic (exact) mass is 2040 g/mol. The Morgan fingerprint density at radius 1 is 0.422 bits per heavy atom. The van der Waals surface area contributed by atoms with Gasteiger partial charge in [-0.3, -0.25) is 93.3 Å². The summed E-state index contributed by atoms with van der Waals surface area (Å²) < 4.78 is 134. The van der Waals surface area contributed by atoms with Crippen LogP contribution < -0.4 is 85.2 Å². The van der Waals surface area contributed by atoms with Gasteiger partial charge in [-0.1, -0.05) is 84.4 Å². The quantitative estimate of drug-likeness (QED) is 0.00748. The van der Waals surface area contributed by atoms with Gasteiger partial charge in [-0.15, -0.1) is 0 Å². The molecule has 0 saturated heterocycles. The number of alkyl halides is 3. The maximum absolute atomic E-state index is 13.8. The highest BCUT2D eigenvalue weighted by atomic mass is 35.5. The SMILES string of the molecule is O=C(NO)c1ccc2c(=O)[nH]c(COc3ccc4c(c3)OCO4)nc2c1.O=C(NO)c1ccc2ccn(C3CCC3)c(=O)c2c1.O=C(NO)c1ccc2ccn(CCCCOc3ccccc3)c(=O)c2c1.O=C(NO)c1ccc2ccn(Cc3c(F)c(F)c(F)c(F)c3F)c(=O)c2c1.O=C(NO)c1ccc2ccn(Cc3cccc(C(F)(F)F)c3)c(=O)c2c1.O=C(NO)c1ccc2ncn(Cc3ccccc3Cl)c(=O)c2c1. The molecule has 0 spiro atoms. The van der Waals surface area contributed by atoms with E-state index >= 15 is 0 Å². The zero-order valence-electron chi connectivity index (χ0n) is 76.1. The van der Waals surface area contributed by atoms with E-state index in [1.807, 2.05) is 66.9 Å². The van der Waals surface area contributed by atoms with Gasteiger partial charge in [0, 0.05) is 109 Å². The fourth-order valence-corrected chi connectivity index (χ4v) is 15.4. The van der Waals surface area contributed by atoms with E-state index in [1.165, 1.54) is 118 Å². The second kappa shape index (κ2) is 47.3. The first-order valence-electron chi connectivity index (χ1n) is 44.0. The molecule has 147 heavy (non-hydrogen) atoms. The number of fused-ring (bicyclic) bond motifs is 7. The summed E-state index contributed by atoms with van der Waals surface area (Å²) in [5.41, 5.74) is 7.81. The normalized spacial score (nSPS) is 11.7. The number of H-pyrrole nitrogens is 1. The molecular weight excluding hydrogens is 1960 g/mol. The summed E-state index contributed by atoms with van der Waals surface area (Å²) in [4.78, 5) is 155. The van der Waals surface area contributed by atoms with Gasteiger partial charge in [-0.05, 0) is 216 Å². The third kappa shape index (κ3) is 24.9. The number of aromatic nitrogens is 8. The standard InChI is InChI=1S/C20H20N2O4.C18H13F3N2O3.C17H9F5N2O3.C17H13N3O6.C16H12ClN3O3.C14H14N2O3/c23-19(21-25)16-9-8-15-10-12-22(20(24)18(15)14-16)11-4-5-13-26-17-6-2-1-3-7-17;19-18(20,21)14-3-1-2-11(8-14)10-23-7-6-12-4-5-13(16(24)22-26)9-15(12)17(23)25;18-11-10(12(19)14(21)15(22)13(11)20)6-24-4-3-7-1-2-8(16(25)23-27)5-9(7)17(24)26;21-16(20-23)9-1-3-11-12(5-9)18-15(19-17(11)22)7-24-10-2-4-13-14(6-10)26-8-25-13;17-13-4-2-1-3-11(13)8-20-9-18-14-6-5-10(15(21)19-23)7-12(14)16(20)22;17-13(15-19)10-5-4-9-6-7-16(11-2-1-3-11)14(18)12(9)8-10/h1-3,6-10,12,14,25H,4-5,11,13H2,(H,21,23);1-9,26H,10H2,(H,22,24);1-5,27H,6H2,(H,23,25);1-6,23H,7-8H2,(H,20,21)(H,18,19,22);1-7,9,23H,8H2,(H,19,21);4-8,11,19H,1-3H2,(H,15,17). The van der Waals surface area contributed by atoms with Crippen LogP contribution in [0.1, 0.15) is 128 Å². The molecule has 1 aliphatic heterocycles. The first-order valence-corrected chi connectivity index (χ1v) is 44.4. The average Bonchev–Trinajstić information content (AvgIpc) is 0.945. The summed E-state index contributed by atoms with van der Waals surface area (Å²) >= 11 is 6.11. The molecule has 0 atom stereocenters. The number of halogens is 9. The minimum absolute atomic E-state index is 0.0151. The van der Waals surface area contributed by atoms with Gasteiger partial charge in [0.2, 0.25) is 12.6 Å². The molecule has 45 heteroatoms. The van der Waals surface area contributed by atoms with E-state index in [4.69, 9.17) is 61.8 Å². The topological polar surface area (TPSA) is 502 Å². The fraction of sp³-hybridized carbons (Fsp3) is 0.137. The number of hydroxylamine groups is 6. The third-order valence-electron chi connectivity index (χ3n) is 23.2. The third-order valence-corrected chi connectivity index (χ3v) is 23.5. The molecule has 0 bridgehead atoms. The molecule has 1 aliphatic carbocycles. The smallest absolute Gasteiger partial charge is 0.416 e. The van der Waals surface area contributed by atoms with Crippen molar-refractivity contribution in [2.24, 2.45) is 0 Å².